The average molecular weight is 266 g/mol. The van der Waals surface area contributed by atoms with Crippen molar-refractivity contribution in [3.05, 3.63) is 64.2 Å². The number of methoxy groups -OCH3 is 1. The van der Waals surface area contributed by atoms with Crippen molar-refractivity contribution in [3.8, 4) is 5.75 Å². The Morgan fingerprint density at radius 3 is 2.55 bits per heavy atom. The van der Waals surface area contributed by atoms with E-state index in [0.29, 0.717) is 6.42 Å². The maximum absolute atomic E-state index is 12.2. The highest BCUT2D eigenvalue weighted by molar-refractivity contribution is 6.02. The molecule has 0 aliphatic heterocycles. The fourth-order valence-corrected chi connectivity index (χ4v) is 3.11. The van der Waals surface area contributed by atoms with E-state index in [1.165, 1.54) is 16.7 Å². The summed E-state index contributed by atoms with van der Waals surface area (Å²) in [4.78, 5) is 12.2. The summed E-state index contributed by atoms with van der Waals surface area (Å²) in [7, 11) is 1.66. The van der Waals surface area contributed by atoms with Crippen LogP contribution in [0.1, 0.15) is 45.0 Å². The van der Waals surface area contributed by atoms with E-state index in [1.54, 1.807) is 7.11 Å². The molecular formula is C18H18O2. The number of aryl methyl sites for hydroxylation is 2. The van der Waals surface area contributed by atoms with Crippen LogP contribution < -0.4 is 4.74 Å². The summed E-state index contributed by atoms with van der Waals surface area (Å²) in [6, 6.07) is 12.2. The number of hydrogen-bond donors (Lipinski definition) is 0. The number of ether oxygens (including phenoxy) is 1. The van der Waals surface area contributed by atoms with Gasteiger partial charge >= 0.3 is 0 Å². The van der Waals surface area contributed by atoms with E-state index in [-0.39, 0.29) is 11.7 Å². The van der Waals surface area contributed by atoms with Crippen LogP contribution in [0, 0.1) is 13.8 Å². The fraction of sp³-hybridized carbons (Fsp3) is 0.278. The van der Waals surface area contributed by atoms with Crippen LogP contribution in [0.15, 0.2) is 36.4 Å². The maximum Gasteiger partial charge on any atom is 0.164 e. The second kappa shape index (κ2) is 4.78. The smallest absolute Gasteiger partial charge is 0.164 e. The lowest BCUT2D eigenvalue weighted by Gasteiger charge is -2.15. The highest BCUT2D eigenvalue weighted by Gasteiger charge is 2.31. The minimum Gasteiger partial charge on any atom is -0.497 e. The van der Waals surface area contributed by atoms with E-state index in [4.69, 9.17) is 4.74 Å². The quantitative estimate of drug-likeness (QED) is 0.820. The molecule has 20 heavy (non-hydrogen) atoms. The minimum atomic E-state index is 0.160. The number of rotatable bonds is 2. The second-order valence-corrected chi connectivity index (χ2v) is 5.49. The topological polar surface area (TPSA) is 26.3 Å². The van der Waals surface area contributed by atoms with Crippen LogP contribution >= 0.6 is 0 Å². The van der Waals surface area contributed by atoms with Gasteiger partial charge in [0, 0.05) is 17.9 Å². The number of carbonyl (C=O) groups excluding carboxylic acids is 1. The normalized spacial score (nSPS) is 17.1. The number of Topliss-reactive ketones (excluding diaryl/α,β-unsaturated/α-hetero) is 1. The molecule has 2 heteroatoms. The molecule has 0 N–H and O–H groups in total. The van der Waals surface area contributed by atoms with E-state index in [9.17, 15) is 4.79 Å². The standard InChI is InChI=1S/C18H18O2/c1-11-4-6-14(12(2)8-11)17-10-18(19)15-7-5-13(20-3)9-16(15)17/h4-9,17H,10H2,1-3H3. The summed E-state index contributed by atoms with van der Waals surface area (Å²) < 4.78 is 5.30. The number of carbonyl (C=O) groups is 1. The predicted molar refractivity (Wildman–Crippen MR) is 79.7 cm³/mol. The van der Waals surface area contributed by atoms with Crippen molar-refractivity contribution < 1.29 is 9.53 Å². The third kappa shape index (κ3) is 2.01. The molecule has 3 rings (SSSR count). The van der Waals surface area contributed by atoms with Crippen molar-refractivity contribution in [1.82, 2.24) is 0 Å². The first kappa shape index (κ1) is 12.9. The van der Waals surface area contributed by atoms with Gasteiger partial charge in [0.15, 0.2) is 5.78 Å². The Balaban J connectivity index is 2.12. The van der Waals surface area contributed by atoms with E-state index in [1.807, 2.05) is 18.2 Å². The number of ketones is 1. The molecule has 0 spiro atoms. The molecule has 102 valence electrons. The Hall–Kier alpha value is -2.09. The molecule has 0 heterocycles. The molecule has 2 nitrogen and oxygen atoms in total. The zero-order chi connectivity index (χ0) is 14.3. The first-order chi connectivity index (χ1) is 9.60. The molecule has 2 aromatic carbocycles. The largest absolute Gasteiger partial charge is 0.497 e. The van der Waals surface area contributed by atoms with Crippen LogP contribution in [0.2, 0.25) is 0 Å². The first-order valence-electron chi connectivity index (χ1n) is 6.88. The Bertz CT molecular complexity index is 686. The Morgan fingerprint density at radius 1 is 1.05 bits per heavy atom. The van der Waals surface area contributed by atoms with Gasteiger partial charge in [-0.1, -0.05) is 23.8 Å². The minimum absolute atomic E-state index is 0.160. The zero-order valence-corrected chi connectivity index (χ0v) is 12.1. The molecule has 1 aliphatic rings. The van der Waals surface area contributed by atoms with Crippen LogP contribution in [0.5, 0.6) is 5.75 Å². The Kier molecular flexibility index (Phi) is 3.09. The molecule has 2 aromatic rings. The molecule has 0 saturated heterocycles. The van der Waals surface area contributed by atoms with Gasteiger partial charge in [-0.2, -0.15) is 0 Å². The molecule has 0 saturated carbocycles. The van der Waals surface area contributed by atoms with E-state index >= 15 is 0 Å². The van der Waals surface area contributed by atoms with Crippen LogP contribution in [0.25, 0.3) is 0 Å². The van der Waals surface area contributed by atoms with E-state index in [2.05, 4.69) is 32.0 Å². The third-order valence-electron chi connectivity index (χ3n) is 4.12. The van der Waals surface area contributed by atoms with Gasteiger partial charge in [-0.25, -0.2) is 0 Å². The van der Waals surface area contributed by atoms with Crippen molar-refractivity contribution in [1.29, 1.82) is 0 Å². The maximum atomic E-state index is 12.2. The summed E-state index contributed by atoms with van der Waals surface area (Å²) in [5, 5.41) is 0. The Labute approximate surface area is 119 Å². The molecule has 0 amide bonds. The monoisotopic (exact) mass is 266 g/mol. The lowest BCUT2D eigenvalue weighted by molar-refractivity contribution is 0.0991. The van der Waals surface area contributed by atoms with Crippen molar-refractivity contribution in [3.63, 3.8) is 0 Å². The summed E-state index contributed by atoms with van der Waals surface area (Å²) in [5.41, 5.74) is 5.69. The highest BCUT2D eigenvalue weighted by Crippen LogP contribution is 2.40. The Morgan fingerprint density at radius 2 is 1.85 bits per heavy atom. The van der Waals surface area contributed by atoms with Gasteiger partial charge < -0.3 is 4.74 Å². The molecule has 1 atom stereocenters. The summed E-state index contributed by atoms with van der Waals surface area (Å²) in [6.45, 7) is 4.21. The predicted octanol–water partition coefficient (Wildman–Crippen LogP) is 4.03. The highest BCUT2D eigenvalue weighted by atomic mass is 16.5. The van der Waals surface area contributed by atoms with E-state index < -0.39 is 0 Å². The van der Waals surface area contributed by atoms with Gasteiger partial charge in [0.25, 0.3) is 0 Å². The van der Waals surface area contributed by atoms with Gasteiger partial charge in [0.1, 0.15) is 5.75 Å². The van der Waals surface area contributed by atoms with Crippen molar-refractivity contribution in [2.24, 2.45) is 0 Å². The van der Waals surface area contributed by atoms with Crippen LogP contribution in [-0.2, 0) is 0 Å². The van der Waals surface area contributed by atoms with Crippen molar-refractivity contribution in [2.45, 2.75) is 26.2 Å². The molecule has 0 fully saturated rings. The van der Waals surface area contributed by atoms with Gasteiger partial charge in [-0.15, -0.1) is 0 Å². The first-order valence-corrected chi connectivity index (χ1v) is 6.88. The van der Waals surface area contributed by atoms with Crippen molar-refractivity contribution >= 4 is 5.78 Å². The summed E-state index contributed by atoms with van der Waals surface area (Å²) in [5.74, 6) is 1.20. The molecule has 0 aromatic heterocycles. The van der Waals surface area contributed by atoms with Crippen LogP contribution in [0.4, 0.5) is 0 Å². The van der Waals surface area contributed by atoms with Gasteiger partial charge in [0.2, 0.25) is 0 Å². The SMILES string of the molecule is COc1ccc2c(c1)C(c1ccc(C)cc1C)CC2=O. The molecular weight excluding hydrogens is 248 g/mol. The second-order valence-electron chi connectivity index (χ2n) is 5.49. The van der Waals surface area contributed by atoms with Gasteiger partial charge in [0.05, 0.1) is 7.11 Å². The van der Waals surface area contributed by atoms with Gasteiger partial charge in [-0.05, 0) is 48.7 Å². The molecule has 1 unspecified atom stereocenters. The van der Waals surface area contributed by atoms with Crippen LogP contribution in [-0.4, -0.2) is 12.9 Å². The lowest BCUT2D eigenvalue weighted by Crippen LogP contribution is -2.00. The molecule has 0 radical (unpaired) electrons. The average Bonchev–Trinajstić information content (AvgIpc) is 2.75. The fourth-order valence-electron chi connectivity index (χ4n) is 3.11. The summed E-state index contributed by atoms with van der Waals surface area (Å²) in [6.07, 6.45) is 0.562. The van der Waals surface area contributed by atoms with E-state index in [0.717, 1.165) is 16.9 Å². The summed E-state index contributed by atoms with van der Waals surface area (Å²) >= 11 is 0. The lowest BCUT2D eigenvalue weighted by atomic mass is 9.89. The van der Waals surface area contributed by atoms with Crippen molar-refractivity contribution in [2.75, 3.05) is 7.11 Å². The number of benzene rings is 2. The van der Waals surface area contributed by atoms with Gasteiger partial charge in [-0.3, -0.25) is 4.79 Å². The zero-order valence-electron chi connectivity index (χ0n) is 12.1. The molecule has 0 bridgehead atoms. The third-order valence-corrected chi connectivity index (χ3v) is 4.12. The van der Waals surface area contributed by atoms with Crippen LogP contribution in [0.3, 0.4) is 0 Å². The number of hydrogen-bond acceptors (Lipinski definition) is 2. The number of fused-ring (bicyclic) bond motifs is 1. The molecule has 1 aliphatic carbocycles.